The lowest BCUT2D eigenvalue weighted by atomic mass is 10.2. The Kier molecular flexibility index (Phi) is 5.81. The van der Waals surface area contributed by atoms with Gasteiger partial charge < -0.3 is 13.9 Å². The Labute approximate surface area is 197 Å². The first-order valence-electron chi connectivity index (χ1n) is 10.5. The van der Waals surface area contributed by atoms with E-state index >= 15 is 0 Å². The number of furan rings is 1. The van der Waals surface area contributed by atoms with Crippen LogP contribution >= 0.6 is 11.8 Å². The molecule has 10 heteroatoms. The van der Waals surface area contributed by atoms with Crippen molar-refractivity contribution in [1.82, 2.24) is 19.2 Å². The highest BCUT2D eigenvalue weighted by molar-refractivity contribution is 7.98. The van der Waals surface area contributed by atoms with E-state index in [9.17, 15) is 9.59 Å². The molecule has 5 aromatic rings. The van der Waals surface area contributed by atoms with Gasteiger partial charge in [0.1, 0.15) is 17.1 Å². The lowest BCUT2D eigenvalue weighted by Gasteiger charge is -2.12. The van der Waals surface area contributed by atoms with Gasteiger partial charge in [0.25, 0.3) is 5.56 Å². The number of hydrogen-bond donors (Lipinski definition) is 0. The quantitative estimate of drug-likeness (QED) is 0.256. The second-order valence-electron chi connectivity index (χ2n) is 7.24. The summed E-state index contributed by atoms with van der Waals surface area (Å²) < 4.78 is 19.3. The lowest BCUT2D eigenvalue weighted by molar-refractivity contribution is 0.0524. The summed E-state index contributed by atoms with van der Waals surface area (Å²) in [6.45, 7) is 2.03. The number of fused-ring (bicyclic) bond motifs is 3. The van der Waals surface area contributed by atoms with Crippen molar-refractivity contribution >= 4 is 34.4 Å². The number of thioether (sulfide) groups is 1. The molecule has 5 rings (SSSR count). The Hall–Kier alpha value is -4.05. The molecule has 0 saturated heterocycles. The van der Waals surface area contributed by atoms with Crippen LogP contribution in [0.5, 0.6) is 5.75 Å². The molecule has 2 aromatic carbocycles. The number of hydrogen-bond acceptors (Lipinski definition) is 8. The predicted octanol–water partition coefficient (Wildman–Crippen LogP) is 4.10. The minimum absolute atomic E-state index is 0.212. The fraction of sp³-hybridized carbons (Fsp3) is 0.167. The van der Waals surface area contributed by atoms with Gasteiger partial charge in [-0.15, -0.1) is 10.2 Å². The van der Waals surface area contributed by atoms with Crippen LogP contribution in [0.25, 0.3) is 22.4 Å². The van der Waals surface area contributed by atoms with Crippen LogP contribution in [-0.2, 0) is 10.5 Å². The second-order valence-corrected chi connectivity index (χ2v) is 8.19. The van der Waals surface area contributed by atoms with E-state index in [0.717, 1.165) is 0 Å². The fourth-order valence-corrected chi connectivity index (χ4v) is 4.62. The molecule has 0 bridgehead atoms. The minimum atomic E-state index is -0.435. The number of esters is 1. The molecule has 0 saturated carbocycles. The Balaban J connectivity index is 1.63. The third-order valence-corrected chi connectivity index (χ3v) is 6.21. The molecule has 0 radical (unpaired) electrons. The number of carbonyl (C=O) groups is 1. The van der Waals surface area contributed by atoms with E-state index in [1.165, 1.54) is 22.6 Å². The number of methoxy groups -OCH3 is 1. The van der Waals surface area contributed by atoms with Gasteiger partial charge in [0, 0.05) is 6.07 Å². The Morgan fingerprint density at radius 1 is 1.12 bits per heavy atom. The van der Waals surface area contributed by atoms with Gasteiger partial charge in [-0.3, -0.25) is 9.20 Å². The first-order valence-corrected chi connectivity index (χ1v) is 11.5. The number of rotatable bonds is 7. The summed E-state index contributed by atoms with van der Waals surface area (Å²) in [5, 5.41) is 9.76. The Morgan fingerprint density at radius 3 is 2.79 bits per heavy atom. The Morgan fingerprint density at radius 2 is 1.97 bits per heavy atom. The van der Waals surface area contributed by atoms with Gasteiger partial charge >= 0.3 is 5.97 Å². The van der Waals surface area contributed by atoms with E-state index in [1.54, 1.807) is 32.2 Å². The summed E-state index contributed by atoms with van der Waals surface area (Å²) in [6, 6.07) is 16.1. The third-order valence-electron chi connectivity index (χ3n) is 5.28. The summed E-state index contributed by atoms with van der Waals surface area (Å²) in [6.07, 6.45) is 1.46. The van der Waals surface area contributed by atoms with Gasteiger partial charge in [0.2, 0.25) is 5.78 Å². The molecule has 0 aliphatic carbocycles. The Bertz CT molecular complexity index is 1570. The van der Waals surface area contributed by atoms with Gasteiger partial charge in [-0.25, -0.2) is 9.36 Å². The molecule has 0 spiro atoms. The lowest BCUT2D eigenvalue weighted by Crippen LogP contribution is -2.21. The van der Waals surface area contributed by atoms with Crippen molar-refractivity contribution in [3.05, 3.63) is 82.5 Å². The minimum Gasteiger partial charge on any atom is -0.497 e. The highest BCUT2D eigenvalue weighted by Crippen LogP contribution is 2.28. The van der Waals surface area contributed by atoms with E-state index in [4.69, 9.17) is 13.9 Å². The van der Waals surface area contributed by atoms with E-state index in [2.05, 4.69) is 10.2 Å². The molecule has 3 heterocycles. The summed E-state index contributed by atoms with van der Waals surface area (Å²) in [4.78, 5) is 25.6. The molecule has 0 aliphatic heterocycles. The summed E-state index contributed by atoms with van der Waals surface area (Å²) in [7, 11) is 1.57. The van der Waals surface area contributed by atoms with Crippen LogP contribution in [-0.4, -0.2) is 38.9 Å². The highest BCUT2D eigenvalue weighted by atomic mass is 32.2. The van der Waals surface area contributed by atoms with Crippen LogP contribution < -0.4 is 10.3 Å². The maximum Gasteiger partial charge on any atom is 0.341 e. The second kappa shape index (κ2) is 9.06. The van der Waals surface area contributed by atoms with Gasteiger partial charge in [-0.05, 0) is 37.3 Å². The predicted molar refractivity (Wildman–Crippen MR) is 127 cm³/mol. The molecule has 172 valence electrons. The van der Waals surface area contributed by atoms with Crippen molar-refractivity contribution in [3.8, 4) is 11.4 Å². The van der Waals surface area contributed by atoms with Crippen molar-refractivity contribution in [1.29, 1.82) is 0 Å². The van der Waals surface area contributed by atoms with Gasteiger partial charge in [0.05, 0.1) is 42.3 Å². The van der Waals surface area contributed by atoms with Gasteiger partial charge in [-0.1, -0.05) is 30.0 Å². The summed E-state index contributed by atoms with van der Waals surface area (Å²) >= 11 is 1.34. The van der Waals surface area contributed by atoms with Crippen molar-refractivity contribution < 1.29 is 18.7 Å². The topological polar surface area (TPSA) is 101 Å². The molecule has 34 heavy (non-hydrogen) atoms. The van der Waals surface area contributed by atoms with E-state index in [1.807, 2.05) is 40.8 Å². The molecular weight excluding hydrogens is 456 g/mol. The first-order chi connectivity index (χ1) is 16.6. The first kappa shape index (κ1) is 21.8. The van der Waals surface area contributed by atoms with E-state index in [0.29, 0.717) is 50.4 Å². The van der Waals surface area contributed by atoms with E-state index < -0.39 is 5.97 Å². The molecule has 0 atom stereocenters. The zero-order valence-corrected chi connectivity index (χ0v) is 19.2. The van der Waals surface area contributed by atoms with Crippen LogP contribution in [0.2, 0.25) is 0 Å². The molecule has 0 amide bonds. The molecule has 9 nitrogen and oxygen atoms in total. The molecule has 0 fully saturated rings. The largest absolute Gasteiger partial charge is 0.497 e. The number of nitrogens with zero attached hydrogens (tertiary/aromatic N) is 4. The van der Waals surface area contributed by atoms with Gasteiger partial charge in [-0.2, -0.15) is 0 Å². The van der Waals surface area contributed by atoms with Crippen LogP contribution in [0, 0.1) is 0 Å². The molecule has 0 N–H and O–H groups in total. The molecule has 0 aliphatic rings. The number of benzene rings is 2. The number of para-hydroxylation sites is 1. The third kappa shape index (κ3) is 3.71. The van der Waals surface area contributed by atoms with Crippen molar-refractivity contribution in [2.45, 2.75) is 17.8 Å². The monoisotopic (exact) mass is 476 g/mol. The zero-order chi connectivity index (χ0) is 23.7. The average Bonchev–Trinajstić information content (AvgIpc) is 3.50. The highest BCUT2D eigenvalue weighted by Gasteiger charge is 2.20. The fourth-order valence-electron chi connectivity index (χ4n) is 3.73. The van der Waals surface area contributed by atoms with Crippen molar-refractivity contribution in [3.63, 3.8) is 0 Å². The SMILES string of the molecule is CCOC(=O)c1ccoc1CSc1nnc2n(-c3cccc(OC)c3)c(=O)c3ccccc3n12. The maximum atomic E-state index is 13.4. The number of carbonyl (C=O) groups excluding carboxylic acids is 1. The van der Waals surface area contributed by atoms with Gasteiger partial charge in [0.15, 0.2) is 5.16 Å². The van der Waals surface area contributed by atoms with Crippen molar-refractivity contribution in [2.24, 2.45) is 0 Å². The average molecular weight is 477 g/mol. The van der Waals surface area contributed by atoms with Crippen LogP contribution in [0.4, 0.5) is 0 Å². The standard InChI is InChI=1S/C24H20N4O5S/c1-3-32-22(30)18-11-12-33-20(18)14-34-24-26-25-23-27(15-7-6-8-16(13-15)31-2)21(29)17-9-4-5-10-19(17)28(23)24/h4-13H,3,14H2,1-2H3. The zero-order valence-electron chi connectivity index (χ0n) is 18.4. The van der Waals surface area contributed by atoms with Crippen molar-refractivity contribution in [2.75, 3.05) is 13.7 Å². The molecule has 3 aromatic heterocycles. The summed E-state index contributed by atoms with van der Waals surface area (Å²) in [5.74, 6) is 1.36. The normalized spacial score (nSPS) is 11.2. The number of aromatic nitrogens is 4. The smallest absolute Gasteiger partial charge is 0.341 e. The molecule has 0 unspecified atom stereocenters. The molecular formula is C24H20N4O5S. The maximum absolute atomic E-state index is 13.4. The van der Waals surface area contributed by atoms with Crippen LogP contribution in [0.1, 0.15) is 23.0 Å². The number of ether oxygens (including phenoxy) is 2. The van der Waals surface area contributed by atoms with E-state index in [-0.39, 0.29) is 12.2 Å². The summed E-state index contributed by atoms with van der Waals surface area (Å²) in [5.41, 5.74) is 1.45. The van der Waals surface area contributed by atoms with Crippen LogP contribution in [0.15, 0.2) is 75.2 Å². The van der Waals surface area contributed by atoms with Crippen LogP contribution in [0.3, 0.4) is 0 Å².